The van der Waals surface area contributed by atoms with Crippen LogP contribution in [0.25, 0.3) is 6.08 Å². The van der Waals surface area contributed by atoms with Crippen LogP contribution in [0.4, 0.5) is 5.69 Å². The Morgan fingerprint density at radius 2 is 1.67 bits per heavy atom. The number of amides is 1. The number of rotatable bonds is 6. The second-order valence-corrected chi connectivity index (χ2v) is 9.50. The summed E-state index contributed by atoms with van der Waals surface area (Å²) in [7, 11) is 1.60. The summed E-state index contributed by atoms with van der Waals surface area (Å²) in [6.45, 7) is 4.51. The molecule has 1 N–H and O–H groups in total. The Morgan fingerprint density at radius 3 is 2.33 bits per heavy atom. The van der Waals surface area contributed by atoms with Crippen LogP contribution in [-0.2, 0) is 11.4 Å². The van der Waals surface area contributed by atoms with Crippen molar-refractivity contribution in [2.24, 2.45) is 4.99 Å². The molecule has 0 aromatic heterocycles. The molecule has 168 valence electrons. The van der Waals surface area contributed by atoms with Gasteiger partial charge in [0, 0.05) is 4.47 Å². The van der Waals surface area contributed by atoms with Gasteiger partial charge in [-0.1, -0.05) is 63.5 Å². The Labute approximate surface area is 206 Å². The van der Waals surface area contributed by atoms with Crippen molar-refractivity contribution in [3.8, 4) is 11.5 Å². The number of thioether (sulfide) groups is 1. The van der Waals surface area contributed by atoms with Crippen molar-refractivity contribution in [3.63, 3.8) is 0 Å². The molecule has 1 fully saturated rings. The van der Waals surface area contributed by atoms with Crippen molar-refractivity contribution in [3.05, 3.63) is 92.3 Å². The average molecular weight is 523 g/mol. The number of halogens is 1. The van der Waals surface area contributed by atoms with Gasteiger partial charge in [0.2, 0.25) is 0 Å². The third-order valence-corrected chi connectivity index (χ3v) is 6.60. The summed E-state index contributed by atoms with van der Waals surface area (Å²) in [6, 6.07) is 19.7. The smallest absolute Gasteiger partial charge is 0.264 e. The predicted molar refractivity (Wildman–Crippen MR) is 138 cm³/mol. The second kappa shape index (κ2) is 10.3. The molecule has 0 spiro atoms. The van der Waals surface area contributed by atoms with Gasteiger partial charge in [0.05, 0.1) is 17.7 Å². The van der Waals surface area contributed by atoms with Crippen LogP contribution in [0.2, 0.25) is 0 Å². The van der Waals surface area contributed by atoms with Crippen LogP contribution in [0.5, 0.6) is 11.5 Å². The van der Waals surface area contributed by atoms with Crippen LogP contribution >= 0.6 is 27.7 Å². The molecule has 33 heavy (non-hydrogen) atoms. The number of benzene rings is 3. The van der Waals surface area contributed by atoms with Gasteiger partial charge in [-0.2, -0.15) is 0 Å². The van der Waals surface area contributed by atoms with Crippen LogP contribution in [0.3, 0.4) is 0 Å². The Kier molecular flexibility index (Phi) is 7.20. The van der Waals surface area contributed by atoms with E-state index in [1.807, 2.05) is 61.5 Å². The minimum Gasteiger partial charge on any atom is -0.493 e. The SMILES string of the molecule is COc1cc(/C=C2/SC(=Nc3ccc(C)cc3)NC2=O)c(Br)cc1OCc1ccc(C)cc1. The van der Waals surface area contributed by atoms with Crippen molar-refractivity contribution in [2.75, 3.05) is 7.11 Å². The fraction of sp³-hybridized carbons (Fsp3) is 0.154. The molecule has 0 radical (unpaired) electrons. The number of carbonyl (C=O) groups excluding carboxylic acids is 1. The minimum absolute atomic E-state index is 0.184. The number of methoxy groups -OCH3 is 1. The van der Waals surface area contributed by atoms with Crippen molar-refractivity contribution >= 4 is 50.5 Å². The van der Waals surface area contributed by atoms with E-state index in [1.165, 1.54) is 17.3 Å². The maximum Gasteiger partial charge on any atom is 0.264 e. The summed E-state index contributed by atoms with van der Waals surface area (Å²) in [6.07, 6.45) is 1.81. The van der Waals surface area contributed by atoms with E-state index in [1.54, 1.807) is 7.11 Å². The Bertz CT molecular complexity index is 1240. The Balaban J connectivity index is 1.53. The average Bonchev–Trinajstić information content (AvgIpc) is 3.14. The topological polar surface area (TPSA) is 59.9 Å². The van der Waals surface area contributed by atoms with E-state index < -0.39 is 0 Å². The fourth-order valence-corrected chi connectivity index (χ4v) is 4.41. The lowest BCUT2D eigenvalue weighted by Crippen LogP contribution is -2.19. The molecule has 1 aliphatic rings. The maximum atomic E-state index is 12.5. The summed E-state index contributed by atoms with van der Waals surface area (Å²) in [5, 5.41) is 3.38. The van der Waals surface area contributed by atoms with E-state index >= 15 is 0 Å². The lowest BCUT2D eigenvalue weighted by molar-refractivity contribution is -0.115. The molecule has 1 heterocycles. The molecular formula is C26H23BrN2O3S. The molecule has 0 aliphatic carbocycles. The van der Waals surface area contributed by atoms with Crippen LogP contribution in [0.15, 0.2) is 75.0 Å². The number of carbonyl (C=O) groups is 1. The lowest BCUT2D eigenvalue weighted by Gasteiger charge is -2.13. The summed E-state index contributed by atoms with van der Waals surface area (Å²) >= 11 is 4.90. The highest BCUT2D eigenvalue weighted by Gasteiger charge is 2.24. The third kappa shape index (κ3) is 5.86. The lowest BCUT2D eigenvalue weighted by atomic mass is 10.1. The zero-order valence-corrected chi connectivity index (χ0v) is 20.9. The molecule has 7 heteroatoms. The molecule has 0 saturated carbocycles. The van der Waals surface area contributed by atoms with Gasteiger partial charge in [0.25, 0.3) is 5.91 Å². The number of amidine groups is 1. The van der Waals surface area contributed by atoms with Gasteiger partial charge in [0.15, 0.2) is 16.7 Å². The monoisotopic (exact) mass is 522 g/mol. The van der Waals surface area contributed by atoms with Crippen LogP contribution in [0, 0.1) is 13.8 Å². The summed E-state index contributed by atoms with van der Waals surface area (Å²) in [4.78, 5) is 17.6. The van der Waals surface area contributed by atoms with Gasteiger partial charge < -0.3 is 14.8 Å². The molecule has 3 aromatic rings. The zero-order chi connectivity index (χ0) is 23.4. The largest absolute Gasteiger partial charge is 0.493 e. The van der Waals surface area contributed by atoms with Crippen LogP contribution < -0.4 is 14.8 Å². The molecule has 0 bridgehead atoms. The highest BCUT2D eigenvalue weighted by Crippen LogP contribution is 2.37. The van der Waals surface area contributed by atoms with Gasteiger partial charge in [-0.15, -0.1) is 0 Å². The number of ether oxygens (including phenoxy) is 2. The fourth-order valence-electron chi connectivity index (χ4n) is 3.14. The van der Waals surface area contributed by atoms with Crippen LogP contribution in [0.1, 0.15) is 22.3 Å². The molecule has 0 atom stereocenters. The molecule has 3 aromatic carbocycles. The molecule has 1 saturated heterocycles. The first-order valence-electron chi connectivity index (χ1n) is 10.3. The second-order valence-electron chi connectivity index (χ2n) is 7.62. The van der Waals surface area contributed by atoms with E-state index in [-0.39, 0.29) is 5.91 Å². The number of aliphatic imine (C=N–C) groups is 1. The molecule has 1 amide bonds. The number of hydrogen-bond acceptors (Lipinski definition) is 5. The number of nitrogens with zero attached hydrogens (tertiary/aromatic N) is 1. The molecule has 4 rings (SSSR count). The first-order chi connectivity index (χ1) is 15.9. The molecular weight excluding hydrogens is 500 g/mol. The van der Waals surface area contributed by atoms with Crippen molar-refractivity contribution in [2.45, 2.75) is 20.5 Å². The maximum absolute atomic E-state index is 12.5. The molecule has 1 aliphatic heterocycles. The standard InChI is InChI=1S/C26H23BrN2O3S/c1-16-4-8-18(9-5-16)15-32-23-14-21(27)19(12-22(23)31-3)13-24-25(30)29-26(33-24)28-20-10-6-17(2)7-11-20/h4-14H,15H2,1-3H3,(H,28,29,30)/b24-13+. The minimum atomic E-state index is -0.184. The van der Waals surface area contributed by atoms with Gasteiger partial charge in [-0.3, -0.25) is 4.79 Å². The third-order valence-electron chi connectivity index (χ3n) is 5.00. The van der Waals surface area contributed by atoms with E-state index in [4.69, 9.17) is 9.47 Å². The van der Waals surface area contributed by atoms with Gasteiger partial charge in [-0.05, 0) is 67.1 Å². The van der Waals surface area contributed by atoms with Crippen LogP contribution in [-0.4, -0.2) is 18.2 Å². The number of hydrogen-bond donors (Lipinski definition) is 1. The van der Waals surface area contributed by atoms with Crippen molar-refractivity contribution in [1.82, 2.24) is 5.32 Å². The van der Waals surface area contributed by atoms with Crippen molar-refractivity contribution in [1.29, 1.82) is 0 Å². The van der Waals surface area contributed by atoms with E-state index in [0.717, 1.165) is 26.9 Å². The van der Waals surface area contributed by atoms with Gasteiger partial charge in [-0.25, -0.2) is 4.99 Å². The van der Waals surface area contributed by atoms with E-state index in [2.05, 4.69) is 45.3 Å². The molecule has 0 unspecified atom stereocenters. The normalized spacial score (nSPS) is 15.7. The first kappa shape index (κ1) is 23.1. The zero-order valence-electron chi connectivity index (χ0n) is 18.5. The van der Waals surface area contributed by atoms with Crippen molar-refractivity contribution < 1.29 is 14.3 Å². The van der Waals surface area contributed by atoms with E-state index in [9.17, 15) is 4.79 Å². The number of aryl methyl sites for hydroxylation is 2. The Hall–Kier alpha value is -3.03. The quantitative estimate of drug-likeness (QED) is 0.373. The number of nitrogens with one attached hydrogen (secondary N) is 1. The highest BCUT2D eigenvalue weighted by atomic mass is 79.9. The highest BCUT2D eigenvalue weighted by molar-refractivity contribution is 9.10. The van der Waals surface area contributed by atoms with E-state index in [0.29, 0.717) is 28.2 Å². The summed E-state index contributed by atoms with van der Waals surface area (Å²) in [5.74, 6) is 1.03. The summed E-state index contributed by atoms with van der Waals surface area (Å²) in [5.41, 5.74) is 5.04. The predicted octanol–water partition coefficient (Wildman–Crippen LogP) is 6.55. The Morgan fingerprint density at radius 1 is 1.00 bits per heavy atom. The van der Waals surface area contributed by atoms with Gasteiger partial charge >= 0.3 is 0 Å². The molecule has 5 nitrogen and oxygen atoms in total. The summed E-state index contributed by atoms with van der Waals surface area (Å²) < 4.78 is 12.3. The van der Waals surface area contributed by atoms with Gasteiger partial charge in [0.1, 0.15) is 6.61 Å². The first-order valence-corrected chi connectivity index (χ1v) is 11.9.